The van der Waals surface area contributed by atoms with Gasteiger partial charge in [-0.25, -0.2) is 0 Å². The molecular weight excluding hydrogens is 605 g/mol. The summed E-state index contributed by atoms with van der Waals surface area (Å²) in [5, 5.41) is 9.96. The molecule has 0 aromatic heterocycles. The maximum atomic E-state index is 4.99. The van der Waals surface area contributed by atoms with E-state index in [0.29, 0.717) is 0 Å². The standard InChI is InChI=1S/C48H80N2/c1-8-15-21-23-25-27-31-42-36-40(35-41(29-17-10-3)47(42)33-19-12-5)37-45(14-7)49-50-46-38-43(30-18-11-4)48(34-20-13-6)44(39-46)32-28-26-24-22-16-9-2/h35-39H,8-34H2,1-7H3. The van der Waals surface area contributed by atoms with Crippen LogP contribution in [0.4, 0.5) is 5.69 Å². The van der Waals surface area contributed by atoms with E-state index >= 15 is 0 Å². The molecule has 0 spiro atoms. The Morgan fingerprint density at radius 1 is 0.420 bits per heavy atom. The van der Waals surface area contributed by atoms with E-state index in [-0.39, 0.29) is 0 Å². The third kappa shape index (κ3) is 17.3. The summed E-state index contributed by atoms with van der Waals surface area (Å²) in [4.78, 5) is 0. The van der Waals surface area contributed by atoms with E-state index in [1.807, 2.05) is 0 Å². The zero-order chi connectivity index (χ0) is 36.2. The molecule has 0 fully saturated rings. The van der Waals surface area contributed by atoms with Crippen LogP contribution in [0.1, 0.15) is 222 Å². The van der Waals surface area contributed by atoms with Gasteiger partial charge in [0.2, 0.25) is 0 Å². The molecule has 0 aliphatic heterocycles. The van der Waals surface area contributed by atoms with E-state index in [9.17, 15) is 0 Å². The van der Waals surface area contributed by atoms with Crippen molar-refractivity contribution in [2.45, 2.75) is 222 Å². The predicted molar refractivity (Wildman–Crippen MR) is 224 cm³/mol. The maximum Gasteiger partial charge on any atom is 0.0862 e. The van der Waals surface area contributed by atoms with Crippen molar-refractivity contribution in [3.8, 4) is 0 Å². The fraction of sp³-hybridized carbons (Fsp3) is 0.708. The second kappa shape index (κ2) is 28.4. The highest BCUT2D eigenvalue weighted by Gasteiger charge is 2.13. The molecule has 0 amide bonds. The van der Waals surface area contributed by atoms with Gasteiger partial charge in [-0.2, -0.15) is 10.2 Å². The summed E-state index contributed by atoms with van der Waals surface area (Å²) < 4.78 is 0. The molecule has 0 radical (unpaired) electrons. The van der Waals surface area contributed by atoms with Gasteiger partial charge in [0.15, 0.2) is 0 Å². The molecule has 0 aliphatic rings. The predicted octanol–water partition coefficient (Wildman–Crippen LogP) is 16.4. The molecule has 0 heterocycles. The van der Waals surface area contributed by atoms with Crippen LogP contribution < -0.4 is 0 Å². The van der Waals surface area contributed by atoms with Crippen molar-refractivity contribution in [3.05, 3.63) is 68.9 Å². The molecule has 0 unspecified atom stereocenters. The summed E-state index contributed by atoms with van der Waals surface area (Å²) in [6.45, 7) is 16.1. The Morgan fingerprint density at radius 2 is 0.780 bits per heavy atom. The summed E-state index contributed by atoms with van der Waals surface area (Å²) in [6, 6.07) is 9.79. The van der Waals surface area contributed by atoms with Crippen LogP contribution in [0.5, 0.6) is 0 Å². The number of azo groups is 1. The Morgan fingerprint density at radius 3 is 1.20 bits per heavy atom. The van der Waals surface area contributed by atoms with Gasteiger partial charge in [-0.3, -0.25) is 0 Å². The lowest BCUT2D eigenvalue weighted by molar-refractivity contribution is 0.605. The molecule has 0 saturated carbocycles. The molecule has 0 bridgehead atoms. The highest BCUT2D eigenvalue weighted by atomic mass is 15.1. The van der Waals surface area contributed by atoms with Crippen LogP contribution in [0.25, 0.3) is 6.08 Å². The number of benzene rings is 2. The molecule has 2 aromatic rings. The van der Waals surface area contributed by atoms with E-state index in [0.717, 1.165) is 24.2 Å². The van der Waals surface area contributed by atoms with E-state index in [2.05, 4.69) is 78.8 Å². The fourth-order valence-corrected chi connectivity index (χ4v) is 7.43. The maximum absolute atomic E-state index is 4.99. The second-order valence-corrected chi connectivity index (χ2v) is 15.2. The van der Waals surface area contributed by atoms with Crippen molar-refractivity contribution < 1.29 is 0 Å². The van der Waals surface area contributed by atoms with Gasteiger partial charge < -0.3 is 0 Å². The van der Waals surface area contributed by atoms with Gasteiger partial charge in [-0.05, 0) is 141 Å². The first kappa shape index (κ1) is 43.9. The molecule has 0 atom stereocenters. The molecule has 0 saturated heterocycles. The van der Waals surface area contributed by atoms with Crippen LogP contribution in [-0.2, 0) is 38.5 Å². The SMILES string of the molecule is CCCCCCCCc1cc(C=C(CC)N=Nc2cc(CCCC)c(CCCC)c(CCCCCCCC)c2)cc(CCCC)c1CCCC. The van der Waals surface area contributed by atoms with Gasteiger partial charge in [-0.1, -0.05) is 150 Å². The van der Waals surface area contributed by atoms with E-state index < -0.39 is 0 Å². The molecule has 50 heavy (non-hydrogen) atoms. The van der Waals surface area contributed by atoms with Crippen LogP contribution in [0.2, 0.25) is 0 Å². The number of allylic oxidation sites excluding steroid dienone is 1. The number of hydrogen-bond donors (Lipinski definition) is 0. The number of aryl methyl sites for hydroxylation is 4. The van der Waals surface area contributed by atoms with E-state index in [4.69, 9.17) is 10.2 Å². The van der Waals surface area contributed by atoms with Gasteiger partial charge in [0.25, 0.3) is 0 Å². The van der Waals surface area contributed by atoms with Crippen LogP contribution >= 0.6 is 0 Å². The third-order valence-corrected chi connectivity index (χ3v) is 10.6. The molecule has 2 rings (SSSR count). The number of rotatable bonds is 30. The Hall–Kier alpha value is -2.22. The summed E-state index contributed by atoms with van der Waals surface area (Å²) in [7, 11) is 0. The Kier molecular flexibility index (Phi) is 24.9. The van der Waals surface area contributed by atoms with Crippen LogP contribution in [0, 0.1) is 0 Å². The zero-order valence-corrected chi connectivity index (χ0v) is 34.4. The van der Waals surface area contributed by atoms with Crippen LogP contribution in [0.15, 0.2) is 40.2 Å². The van der Waals surface area contributed by atoms with Crippen molar-refractivity contribution in [3.63, 3.8) is 0 Å². The number of hydrogen-bond acceptors (Lipinski definition) is 2. The molecule has 2 heteroatoms. The van der Waals surface area contributed by atoms with Crippen molar-refractivity contribution >= 4 is 11.8 Å². The minimum atomic E-state index is 0.889. The summed E-state index contributed by atoms with van der Waals surface area (Å²) >= 11 is 0. The summed E-state index contributed by atoms with van der Waals surface area (Å²) in [5.41, 5.74) is 13.0. The molecule has 0 aliphatic carbocycles. The smallest absolute Gasteiger partial charge is 0.0862 e. The lowest BCUT2D eigenvalue weighted by Gasteiger charge is -2.17. The summed E-state index contributed by atoms with van der Waals surface area (Å²) in [5.74, 6) is 0. The van der Waals surface area contributed by atoms with E-state index in [1.54, 1.807) is 27.8 Å². The molecule has 2 nitrogen and oxygen atoms in total. The quantitative estimate of drug-likeness (QED) is 0.0578. The largest absolute Gasteiger partial charge is 0.155 e. The Labute approximate surface area is 311 Å². The number of nitrogens with zero attached hydrogens (tertiary/aromatic N) is 2. The van der Waals surface area contributed by atoms with Crippen molar-refractivity contribution in [1.82, 2.24) is 0 Å². The normalized spacial score (nSPS) is 12.1. The topological polar surface area (TPSA) is 24.7 Å². The average Bonchev–Trinajstić information content (AvgIpc) is 3.13. The monoisotopic (exact) mass is 685 g/mol. The van der Waals surface area contributed by atoms with Crippen molar-refractivity contribution in [1.29, 1.82) is 0 Å². The zero-order valence-electron chi connectivity index (χ0n) is 34.4. The fourth-order valence-electron chi connectivity index (χ4n) is 7.43. The Bertz CT molecular complexity index is 1220. The molecule has 282 valence electrons. The minimum absolute atomic E-state index is 0.889. The first-order valence-electron chi connectivity index (χ1n) is 22.0. The second-order valence-electron chi connectivity index (χ2n) is 15.2. The van der Waals surface area contributed by atoms with Gasteiger partial charge >= 0.3 is 0 Å². The van der Waals surface area contributed by atoms with Gasteiger partial charge in [0, 0.05) is 0 Å². The average molecular weight is 685 g/mol. The molecular formula is C48H80N2. The van der Waals surface area contributed by atoms with Gasteiger partial charge in [0.1, 0.15) is 0 Å². The van der Waals surface area contributed by atoms with Crippen molar-refractivity contribution in [2.75, 3.05) is 0 Å². The third-order valence-electron chi connectivity index (χ3n) is 10.6. The first-order chi connectivity index (χ1) is 24.5. The highest BCUT2D eigenvalue weighted by Crippen LogP contribution is 2.30. The lowest BCUT2D eigenvalue weighted by atomic mass is 9.88. The summed E-state index contributed by atoms with van der Waals surface area (Å²) in [6.07, 6.45) is 36.6. The molecule has 2 aromatic carbocycles. The first-order valence-corrected chi connectivity index (χ1v) is 22.0. The van der Waals surface area contributed by atoms with Gasteiger partial charge in [-0.15, -0.1) is 0 Å². The highest BCUT2D eigenvalue weighted by molar-refractivity contribution is 5.57. The lowest BCUT2D eigenvalue weighted by Crippen LogP contribution is -2.03. The Balaban J connectivity index is 2.45. The minimum Gasteiger partial charge on any atom is -0.155 e. The number of unbranched alkanes of at least 4 members (excludes halogenated alkanes) is 14. The van der Waals surface area contributed by atoms with Crippen molar-refractivity contribution in [2.24, 2.45) is 10.2 Å². The van der Waals surface area contributed by atoms with E-state index in [1.165, 1.54) is 172 Å². The van der Waals surface area contributed by atoms with Crippen LogP contribution in [0.3, 0.4) is 0 Å². The molecule has 0 N–H and O–H groups in total. The van der Waals surface area contributed by atoms with Gasteiger partial charge in [0.05, 0.1) is 11.4 Å². The van der Waals surface area contributed by atoms with Crippen LogP contribution in [-0.4, -0.2) is 0 Å².